The molecule has 24 heavy (non-hydrogen) atoms. The van der Waals surface area contributed by atoms with Crippen molar-refractivity contribution in [3.05, 3.63) is 0 Å². The van der Waals surface area contributed by atoms with E-state index >= 15 is 0 Å². The molecule has 0 aromatic heterocycles. The number of likely N-dealkylation sites (tertiary alicyclic amines) is 2. The summed E-state index contributed by atoms with van der Waals surface area (Å²) in [5.41, 5.74) is 0. The lowest BCUT2D eigenvalue weighted by Gasteiger charge is -2.35. The van der Waals surface area contributed by atoms with Crippen LogP contribution in [0.1, 0.15) is 53.4 Å². The number of aliphatic imine (C=N–C) groups is 1. The molecule has 0 atom stereocenters. The maximum Gasteiger partial charge on any atom is 0.191 e. The zero-order valence-electron chi connectivity index (χ0n) is 16.4. The predicted molar refractivity (Wildman–Crippen MR) is 104 cm³/mol. The van der Waals surface area contributed by atoms with E-state index in [-0.39, 0.29) is 0 Å². The van der Waals surface area contributed by atoms with E-state index in [0.717, 1.165) is 31.5 Å². The van der Waals surface area contributed by atoms with E-state index < -0.39 is 0 Å². The molecule has 0 radical (unpaired) electrons. The zero-order chi connectivity index (χ0) is 17.4. The highest BCUT2D eigenvalue weighted by Crippen LogP contribution is 2.15. The number of rotatable bonds is 6. The summed E-state index contributed by atoms with van der Waals surface area (Å²) in [6, 6.07) is 1.23. The molecule has 2 aliphatic heterocycles. The molecule has 0 amide bonds. The molecule has 0 spiro atoms. The van der Waals surface area contributed by atoms with E-state index in [2.05, 4.69) is 48.1 Å². The fraction of sp³-hybridized carbons (Fsp3) is 0.947. The number of hydrogen-bond acceptors (Lipinski definition) is 3. The Labute approximate surface area is 149 Å². The van der Waals surface area contributed by atoms with Crippen LogP contribution in [0, 0.1) is 5.92 Å². The Morgan fingerprint density at radius 2 is 1.75 bits per heavy atom. The summed E-state index contributed by atoms with van der Waals surface area (Å²) in [4.78, 5) is 9.95. The van der Waals surface area contributed by atoms with Gasteiger partial charge in [-0.25, -0.2) is 0 Å². The fourth-order valence-corrected chi connectivity index (χ4v) is 3.66. The molecule has 5 heteroatoms. The smallest absolute Gasteiger partial charge is 0.191 e. The molecule has 2 saturated heterocycles. The molecule has 0 aromatic carbocycles. The van der Waals surface area contributed by atoms with Crippen molar-refractivity contribution in [2.24, 2.45) is 10.9 Å². The van der Waals surface area contributed by atoms with Gasteiger partial charge in [0.1, 0.15) is 0 Å². The lowest BCUT2D eigenvalue weighted by molar-refractivity contribution is 0.167. The third-order valence-electron chi connectivity index (χ3n) is 5.51. The maximum absolute atomic E-state index is 4.81. The van der Waals surface area contributed by atoms with Gasteiger partial charge in [-0.05, 0) is 65.5 Å². The van der Waals surface area contributed by atoms with Crippen LogP contribution in [0.2, 0.25) is 0 Å². The van der Waals surface area contributed by atoms with Gasteiger partial charge < -0.3 is 20.4 Å². The van der Waals surface area contributed by atoms with E-state index in [0.29, 0.717) is 12.1 Å². The molecule has 0 aromatic rings. The largest absolute Gasteiger partial charge is 0.357 e. The van der Waals surface area contributed by atoms with Crippen molar-refractivity contribution < 1.29 is 0 Å². The molecule has 0 saturated carbocycles. The lowest BCUT2D eigenvalue weighted by atomic mass is 9.99. The summed E-state index contributed by atoms with van der Waals surface area (Å²) in [7, 11) is 0. The van der Waals surface area contributed by atoms with Gasteiger partial charge in [0.05, 0.1) is 6.54 Å². The second-order valence-electron chi connectivity index (χ2n) is 7.83. The summed E-state index contributed by atoms with van der Waals surface area (Å²) in [6.45, 7) is 16.9. The van der Waals surface area contributed by atoms with Crippen molar-refractivity contribution in [1.82, 2.24) is 20.4 Å². The predicted octanol–water partition coefficient (Wildman–Crippen LogP) is 2.15. The van der Waals surface area contributed by atoms with Crippen LogP contribution >= 0.6 is 0 Å². The van der Waals surface area contributed by atoms with Gasteiger partial charge in [0, 0.05) is 38.3 Å². The van der Waals surface area contributed by atoms with Crippen LogP contribution in [-0.4, -0.2) is 73.7 Å². The van der Waals surface area contributed by atoms with Crippen LogP contribution in [-0.2, 0) is 0 Å². The Kier molecular flexibility index (Phi) is 8.33. The van der Waals surface area contributed by atoms with Crippen molar-refractivity contribution in [2.75, 3.05) is 45.8 Å². The van der Waals surface area contributed by atoms with Gasteiger partial charge in [0.2, 0.25) is 0 Å². The van der Waals surface area contributed by atoms with Gasteiger partial charge in [-0.15, -0.1) is 0 Å². The van der Waals surface area contributed by atoms with Crippen LogP contribution < -0.4 is 10.6 Å². The SMILES string of the molecule is CCNC(=NCCN1CCC(C)CC1)NC1CCN(C(C)C)CC1. The standard InChI is InChI=1S/C19H39N5/c1-5-20-19(21-10-15-23-11-6-17(4)7-12-23)22-18-8-13-24(14-9-18)16(2)3/h16-18H,5-15H2,1-4H3,(H2,20,21,22). The lowest BCUT2D eigenvalue weighted by Crippen LogP contribution is -2.50. The van der Waals surface area contributed by atoms with Crippen molar-refractivity contribution in [3.63, 3.8) is 0 Å². The Morgan fingerprint density at radius 3 is 2.33 bits per heavy atom. The first kappa shape index (κ1) is 19.5. The minimum Gasteiger partial charge on any atom is -0.357 e. The van der Waals surface area contributed by atoms with Gasteiger partial charge in [-0.2, -0.15) is 0 Å². The minimum absolute atomic E-state index is 0.564. The number of hydrogen-bond donors (Lipinski definition) is 2. The molecule has 2 rings (SSSR count). The van der Waals surface area contributed by atoms with Crippen LogP contribution in [0.4, 0.5) is 0 Å². The monoisotopic (exact) mass is 337 g/mol. The molecule has 2 aliphatic rings. The minimum atomic E-state index is 0.564. The molecule has 0 unspecified atom stereocenters. The highest BCUT2D eigenvalue weighted by atomic mass is 15.2. The number of nitrogens with zero attached hydrogens (tertiary/aromatic N) is 3. The zero-order valence-corrected chi connectivity index (χ0v) is 16.4. The average molecular weight is 338 g/mol. The maximum atomic E-state index is 4.81. The Bertz CT molecular complexity index is 366. The molecule has 2 N–H and O–H groups in total. The first-order chi connectivity index (χ1) is 11.6. The summed E-state index contributed by atoms with van der Waals surface area (Å²) in [5, 5.41) is 7.07. The van der Waals surface area contributed by atoms with Gasteiger partial charge in [0.15, 0.2) is 5.96 Å². The summed E-state index contributed by atoms with van der Waals surface area (Å²) < 4.78 is 0. The second-order valence-corrected chi connectivity index (χ2v) is 7.83. The Balaban J connectivity index is 1.72. The molecular formula is C19H39N5. The molecule has 2 heterocycles. The van der Waals surface area contributed by atoms with Crippen LogP contribution in [0.5, 0.6) is 0 Å². The number of guanidine groups is 1. The van der Waals surface area contributed by atoms with E-state index in [4.69, 9.17) is 4.99 Å². The van der Waals surface area contributed by atoms with Crippen molar-refractivity contribution >= 4 is 5.96 Å². The summed E-state index contributed by atoms with van der Waals surface area (Å²) in [6.07, 6.45) is 5.12. The quantitative estimate of drug-likeness (QED) is 0.576. The summed E-state index contributed by atoms with van der Waals surface area (Å²) >= 11 is 0. The van der Waals surface area contributed by atoms with E-state index in [1.807, 2.05) is 0 Å². The number of piperidine rings is 2. The van der Waals surface area contributed by atoms with Gasteiger partial charge >= 0.3 is 0 Å². The molecule has 0 aliphatic carbocycles. The van der Waals surface area contributed by atoms with Gasteiger partial charge in [-0.1, -0.05) is 6.92 Å². The third kappa shape index (κ3) is 6.60. The van der Waals surface area contributed by atoms with Crippen molar-refractivity contribution in [1.29, 1.82) is 0 Å². The van der Waals surface area contributed by atoms with Gasteiger partial charge in [-0.3, -0.25) is 4.99 Å². The molecular weight excluding hydrogens is 298 g/mol. The first-order valence-electron chi connectivity index (χ1n) is 10.1. The molecule has 5 nitrogen and oxygen atoms in total. The molecule has 140 valence electrons. The normalized spacial score (nSPS) is 23.0. The highest BCUT2D eigenvalue weighted by molar-refractivity contribution is 5.80. The van der Waals surface area contributed by atoms with Crippen molar-refractivity contribution in [2.45, 2.75) is 65.5 Å². The highest BCUT2D eigenvalue weighted by Gasteiger charge is 2.21. The molecule has 0 bridgehead atoms. The van der Waals surface area contributed by atoms with Crippen molar-refractivity contribution in [3.8, 4) is 0 Å². The summed E-state index contributed by atoms with van der Waals surface area (Å²) in [5.74, 6) is 1.91. The second kappa shape index (κ2) is 10.2. The van der Waals surface area contributed by atoms with Crippen LogP contribution in [0.25, 0.3) is 0 Å². The molecule has 2 fully saturated rings. The Hall–Kier alpha value is -0.810. The van der Waals surface area contributed by atoms with Crippen LogP contribution in [0.15, 0.2) is 4.99 Å². The van der Waals surface area contributed by atoms with Gasteiger partial charge in [0.25, 0.3) is 0 Å². The number of nitrogens with one attached hydrogen (secondary N) is 2. The topological polar surface area (TPSA) is 42.9 Å². The Morgan fingerprint density at radius 1 is 1.08 bits per heavy atom. The average Bonchev–Trinajstić information content (AvgIpc) is 2.57. The van der Waals surface area contributed by atoms with E-state index in [1.54, 1.807) is 0 Å². The first-order valence-corrected chi connectivity index (χ1v) is 10.1. The van der Waals surface area contributed by atoms with Crippen LogP contribution in [0.3, 0.4) is 0 Å². The third-order valence-corrected chi connectivity index (χ3v) is 5.51. The fourth-order valence-electron chi connectivity index (χ4n) is 3.66. The van der Waals surface area contributed by atoms with E-state index in [9.17, 15) is 0 Å². The van der Waals surface area contributed by atoms with E-state index in [1.165, 1.54) is 51.9 Å².